The van der Waals surface area contributed by atoms with Crippen molar-refractivity contribution >= 4 is 11.6 Å². The summed E-state index contributed by atoms with van der Waals surface area (Å²) in [6.45, 7) is 11.3. The molecule has 0 fully saturated rings. The van der Waals surface area contributed by atoms with E-state index in [4.69, 9.17) is 11.6 Å². The van der Waals surface area contributed by atoms with Gasteiger partial charge in [0.05, 0.1) is 16.4 Å². The van der Waals surface area contributed by atoms with E-state index in [1.807, 2.05) is 17.8 Å². The largest absolute Gasteiger partial charge is 0.308 e. The molecule has 1 N–H and O–H groups in total. The summed E-state index contributed by atoms with van der Waals surface area (Å²) >= 11 is 6.11. The molecule has 1 heterocycles. The van der Waals surface area contributed by atoms with Crippen LogP contribution in [0.2, 0.25) is 5.02 Å². The highest BCUT2D eigenvalue weighted by Gasteiger charge is 2.13. The van der Waals surface area contributed by atoms with Crippen molar-refractivity contribution < 1.29 is 0 Å². The number of halogens is 1. The lowest BCUT2D eigenvalue weighted by atomic mass is 10.1. The molecular formula is C16H22ClN3. The van der Waals surface area contributed by atoms with Crippen molar-refractivity contribution in [3.05, 3.63) is 46.2 Å². The summed E-state index contributed by atoms with van der Waals surface area (Å²) in [5.74, 6) is 0. The summed E-state index contributed by atoms with van der Waals surface area (Å²) in [6, 6.07) is 6.39. The number of nitrogens with one attached hydrogen (secondary N) is 1. The second-order valence-electron chi connectivity index (χ2n) is 6.24. The predicted molar refractivity (Wildman–Crippen MR) is 84.6 cm³/mol. The smallest absolute Gasteiger partial charge is 0.0819 e. The average Bonchev–Trinajstić information content (AvgIpc) is 2.66. The Hall–Kier alpha value is -1.32. The van der Waals surface area contributed by atoms with Crippen LogP contribution in [-0.2, 0) is 6.54 Å². The molecule has 0 spiro atoms. The first-order chi connectivity index (χ1) is 9.26. The van der Waals surface area contributed by atoms with Crippen LogP contribution in [0.5, 0.6) is 0 Å². The van der Waals surface area contributed by atoms with Crippen LogP contribution in [0.25, 0.3) is 5.69 Å². The van der Waals surface area contributed by atoms with Crippen molar-refractivity contribution in [3.63, 3.8) is 0 Å². The third-order valence-electron chi connectivity index (χ3n) is 3.13. The molecular weight excluding hydrogens is 270 g/mol. The van der Waals surface area contributed by atoms with E-state index in [0.29, 0.717) is 5.02 Å². The van der Waals surface area contributed by atoms with Gasteiger partial charge in [-0.25, -0.2) is 4.68 Å². The molecule has 1 aromatic carbocycles. The monoisotopic (exact) mass is 291 g/mol. The van der Waals surface area contributed by atoms with E-state index in [9.17, 15) is 0 Å². The van der Waals surface area contributed by atoms with Crippen LogP contribution in [0.3, 0.4) is 0 Å². The van der Waals surface area contributed by atoms with Crippen LogP contribution in [0.15, 0.2) is 24.4 Å². The quantitative estimate of drug-likeness (QED) is 0.925. The zero-order valence-corrected chi connectivity index (χ0v) is 13.5. The van der Waals surface area contributed by atoms with Crippen LogP contribution < -0.4 is 5.32 Å². The van der Waals surface area contributed by atoms with E-state index >= 15 is 0 Å². The lowest BCUT2D eigenvalue weighted by molar-refractivity contribution is 0.423. The Labute approximate surface area is 126 Å². The highest BCUT2D eigenvalue weighted by Crippen LogP contribution is 2.21. The lowest BCUT2D eigenvalue weighted by Gasteiger charge is -2.22. The Morgan fingerprint density at radius 1 is 1.25 bits per heavy atom. The van der Waals surface area contributed by atoms with Gasteiger partial charge < -0.3 is 5.32 Å². The van der Waals surface area contributed by atoms with Gasteiger partial charge in [0, 0.05) is 18.3 Å². The summed E-state index contributed by atoms with van der Waals surface area (Å²) in [4.78, 5) is 0. The summed E-state index contributed by atoms with van der Waals surface area (Å²) < 4.78 is 1.86. The summed E-state index contributed by atoms with van der Waals surface area (Å²) in [5, 5.41) is 8.69. The SMILES string of the molecule is Cc1ccc(-n2cc(Cl)c(C)n2)c(CNC(C)(C)C)c1. The Kier molecular flexibility index (Phi) is 4.21. The molecule has 0 aliphatic heterocycles. The van der Waals surface area contributed by atoms with Gasteiger partial charge in [-0.15, -0.1) is 0 Å². The molecule has 2 aromatic rings. The summed E-state index contributed by atoms with van der Waals surface area (Å²) in [7, 11) is 0. The Morgan fingerprint density at radius 3 is 2.50 bits per heavy atom. The minimum absolute atomic E-state index is 0.0820. The van der Waals surface area contributed by atoms with Crippen LogP contribution in [0.1, 0.15) is 37.6 Å². The molecule has 1 aromatic heterocycles. The molecule has 0 saturated carbocycles. The van der Waals surface area contributed by atoms with Gasteiger partial charge in [0.1, 0.15) is 0 Å². The zero-order valence-electron chi connectivity index (χ0n) is 12.8. The average molecular weight is 292 g/mol. The molecule has 0 aliphatic carbocycles. The molecule has 0 aliphatic rings. The van der Waals surface area contributed by atoms with Crippen LogP contribution in [0.4, 0.5) is 0 Å². The molecule has 3 nitrogen and oxygen atoms in total. The maximum atomic E-state index is 6.11. The fourth-order valence-corrected chi connectivity index (χ4v) is 2.13. The first kappa shape index (κ1) is 15.1. The van der Waals surface area contributed by atoms with Gasteiger partial charge in [-0.2, -0.15) is 5.10 Å². The Morgan fingerprint density at radius 2 is 1.95 bits per heavy atom. The van der Waals surface area contributed by atoms with Crippen LogP contribution in [-0.4, -0.2) is 15.3 Å². The Bertz CT molecular complexity index is 589. The van der Waals surface area contributed by atoms with Gasteiger partial charge in [-0.05, 0) is 46.2 Å². The standard InChI is InChI=1S/C16H22ClN3/c1-11-6-7-15(20-10-14(17)12(2)19-20)13(8-11)9-18-16(3,4)5/h6-8,10,18H,9H2,1-5H3. The molecule has 0 atom stereocenters. The summed E-state index contributed by atoms with van der Waals surface area (Å²) in [6.07, 6.45) is 1.86. The third kappa shape index (κ3) is 3.62. The summed E-state index contributed by atoms with van der Waals surface area (Å²) in [5.41, 5.74) is 4.47. The minimum Gasteiger partial charge on any atom is -0.308 e. The maximum Gasteiger partial charge on any atom is 0.0819 e. The molecule has 0 amide bonds. The van der Waals surface area contributed by atoms with Crippen molar-refractivity contribution in [2.24, 2.45) is 0 Å². The van der Waals surface area contributed by atoms with Gasteiger partial charge in [-0.1, -0.05) is 29.3 Å². The number of rotatable bonds is 3. The fourth-order valence-electron chi connectivity index (χ4n) is 2.00. The maximum absolute atomic E-state index is 6.11. The molecule has 20 heavy (non-hydrogen) atoms. The second kappa shape index (κ2) is 5.58. The zero-order chi connectivity index (χ0) is 14.9. The van der Waals surface area contributed by atoms with E-state index < -0.39 is 0 Å². The number of hydrogen-bond acceptors (Lipinski definition) is 2. The van der Waals surface area contributed by atoms with Gasteiger partial charge in [0.25, 0.3) is 0 Å². The van der Waals surface area contributed by atoms with E-state index in [2.05, 4.69) is 56.3 Å². The molecule has 0 bridgehead atoms. The Balaban J connectivity index is 2.37. The first-order valence-corrected chi connectivity index (χ1v) is 7.21. The van der Waals surface area contributed by atoms with Crippen molar-refractivity contribution in [1.82, 2.24) is 15.1 Å². The van der Waals surface area contributed by atoms with Crippen LogP contribution >= 0.6 is 11.6 Å². The number of aromatic nitrogens is 2. The van der Waals surface area contributed by atoms with Crippen LogP contribution in [0, 0.1) is 13.8 Å². The van der Waals surface area contributed by atoms with Gasteiger partial charge >= 0.3 is 0 Å². The molecule has 2 rings (SSSR count). The van der Waals surface area contributed by atoms with Crippen molar-refractivity contribution in [1.29, 1.82) is 0 Å². The number of hydrogen-bond donors (Lipinski definition) is 1. The van der Waals surface area contributed by atoms with E-state index in [1.165, 1.54) is 11.1 Å². The molecule has 4 heteroatoms. The van der Waals surface area contributed by atoms with Gasteiger partial charge in [0.15, 0.2) is 0 Å². The number of benzene rings is 1. The van der Waals surface area contributed by atoms with E-state index in [0.717, 1.165) is 17.9 Å². The topological polar surface area (TPSA) is 29.9 Å². The van der Waals surface area contributed by atoms with Crippen molar-refractivity contribution in [2.45, 2.75) is 46.7 Å². The fraction of sp³-hybridized carbons (Fsp3) is 0.438. The highest BCUT2D eigenvalue weighted by molar-refractivity contribution is 6.31. The first-order valence-electron chi connectivity index (χ1n) is 6.83. The van der Waals surface area contributed by atoms with Crippen molar-refractivity contribution in [2.75, 3.05) is 0 Å². The van der Waals surface area contributed by atoms with E-state index in [-0.39, 0.29) is 5.54 Å². The molecule has 0 unspecified atom stereocenters. The molecule has 0 saturated heterocycles. The van der Waals surface area contributed by atoms with Crippen molar-refractivity contribution in [3.8, 4) is 5.69 Å². The van der Waals surface area contributed by atoms with Gasteiger partial charge in [-0.3, -0.25) is 0 Å². The normalized spacial score (nSPS) is 11.9. The number of nitrogens with zero attached hydrogens (tertiary/aromatic N) is 2. The highest BCUT2D eigenvalue weighted by atomic mass is 35.5. The van der Waals surface area contributed by atoms with E-state index in [1.54, 1.807) is 0 Å². The second-order valence-corrected chi connectivity index (χ2v) is 6.65. The third-order valence-corrected chi connectivity index (χ3v) is 3.50. The lowest BCUT2D eigenvalue weighted by Crippen LogP contribution is -2.35. The molecule has 0 radical (unpaired) electrons. The number of aryl methyl sites for hydroxylation is 2. The molecule has 108 valence electrons. The van der Waals surface area contributed by atoms with Gasteiger partial charge in [0.2, 0.25) is 0 Å². The predicted octanol–water partition coefficient (Wildman–Crippen LogP) is 4.03. The minimum atomic E-state index is 0.0820.